The highest BCUT2D eigenvalue weighted by atomic mass is 16.5. The van der Waals surface area contributed by atoms with Gasteiger partial charge in [-0.3, -0.25) is 4.68 Å². The van der Waals surface area contributed by atoms with Crippen molar-refractivity contribution in [3.8, 4) is 0 Å². The van der Waals surface area contributed by atoms with Gasteiger partial charge in [0.05, 0.1) is 18.4 Å². The lowest BCUT2D eigenvalue weighted by Gasteiger charge is -2.18. The molecule has 0 aromatic carbocycles. The first-order chi connectivity index (χ1) is 8.63. The topological polar surface area (TPSA) is 53.1 Å². The fourth-order valence-corrected chi connectivity index (χ4v) is 2.68. The molecule has 0 aliphatic carbocycles. The number of aromatic nitrogens is 2. The van der Waals surface area contributed by atoms with E-state index in [1.165, 1.54) is 5.69 Å². The van der Waals surface area contributed by atoms with E-state index in [1.54, 1.807) is 0 Å². The normalized spacial score (nSPS) is 25.6. The molecule has 18 heavy (non-hydrogen) atoms. The lowest BCUT2D eigenvalue weighted by atomic mass is 9.94. The summed E-state index contributed by atoms with van der Waals surface area (Å²) in [5, 5.41) is 4.57. The van der Waals surface area contributed by atoms with Gasteiger partial charge in [0.15, 0.2) is 0 Å². The number of nitrogens with two attached hydrogens (primary N) is 1. The van der Waals surface area contributed by atoms with Crippen LogP contribution in [0.2, 0.25) is 0 Å². The van der Waals surface area contributed by atoms with Gasteiger partial charge in [0.1, 0.15) is 0 Å². The summed E-state index contributed by atoms with van der Waals surface area (Å²) in [5.41, 5.74) is 8.75. The molecular weight excluding hydrogens is 226 g/mol. The summed E-state index contributed by atoms with van der Waals surface area (Å²) in [6.07, 6.45) is 3.34. The van der Waals surface area contributed by atoms with E-state index in [4.69, 9.17) is 10.5 Å². The molecule has 2 N–H and O–H groups in total. The number of rotatable bonds is 5. The van der Waals surface area contributed by atoms with Crippen molar-refractivity contribution in [3.63, 3.8) is 0 Å². The fraction of sp³-hybridized carbons (Fsp3) is 0.786. The maximum atomic E-state index is 6.33. The zero-order valence-electron chi connectivity index (χ0n) is 11.7. The molecule has 4 nitrogen and oxygen atoms in total. The number of ether oxygens (including phenoxy) is 1. The minimum Gasteiger partial charge on any atom is -0.378 e. The Morgan fingerprint density at radius 2 is 2.33 bits per heavy atom. The van der Waals surface area contributed by atoms with Crippen LogP contribution in [0, 0.1) is 5.92 Å². The maximum absolute atomic E-state index is 6.33. The highest BCUT2D eigenvalue weighted by Crippen LogP contribution is 2.23. The van der Waals surface area contributed by atoms with E-state index in [-0.39, 0.29) is 6.04 Å². The van der Waals surface area contributed by atoms with E-state index < -0.39 is 0 Å². The average Bonchev–Trinajstić information content (AvgIpc) is 2.95. The molecule has 0 amide bonds. The fourth-order valence-electron chi connectivity index (χ4n) is 2.68. The standard InChI is InChI=1S/C14H25N3O/c1-4-12-7-13(17(5-2)16-12)8-14(15)11-6-10(3)18-9-11/h7,10-11,14H,4-6,8-9,15H2,1-3H3. The van der Waals surface area contributed by atoms with Crippen LogP contribution in [0.4, 0.5) is 0 Å². The van der Waals surface area contributed by atoms with Crippen LogP contribution in [0.25, 0.3) is 0 Å². The Morgan fingerprint density at radius 3 is 2.89 bits per heavy atom. The summed E-state index contributed by atoms with van der Waals surface area (Å²) in [6, 6.07) is 2.38. The van der Waals surface area contributed by atoms with Crippen LogP contribution in [-0.4, -0.2) is 28.5 Å². The Hall–Kier alpha value is -0.870. The molecule has 4 heteroatoms. The molecule has 2 heterocycles. The van der Waals surface area contributed by atoms with Gasteiger partial charge in [0, 0.05) is 30.6 Å². The van der Waals surface area contributed by atoms with Gasteiger partial charge in [0.25, 0.3) is 0 Å². The van der Waals surface area contributed by atoms with Crippen molar-refractivity contribution in [1.29, 1.82) is 0 Å². The van der Waals surface area contributed by atoms with Crippen LogP contribution in [0.5, 0.6) is 0 Å². The predicted molar refractivity (Wildman–Crippen MR) is 72.5 cm³/mol. The largest absolute Gasteiger partial charge is 0.378 e. The second-order valence-electron chi connectivity index (χ2n) is 5.30. The van der Waals surface area contributed by atoms with Crippen LogP contribution in [0.15, 0.2) is 6.07 Å². The zero-order valence-corrected chi connectivity index (χ0v) is 11.7. The molecule has 3 atom stereocenters. The van der Waals surface area contributed by atoms with Gasteiger partial charge in [-0.05, 0) is 32.8 Å². The van der Waals surface area contributed by atoms with E-state index in [0.29, 0.717) is 12.0 Å². The van der Waals surface area contributed by atoms with Crippen LogP contribution in [0.3, 0.4) is 0 Å². The monoisotopic (exact) mass is 251 g/mol. The SMILES string of the molecule is CCc1cc(CC(N)C2COC(C)C2)n(CC)n1. The van der Waals surface area contributed by atoms with E-state index in [9.17, 15) is 0 Å². The van der Waals surface area contributed by atoms with Crippen molar-refractivity contribution < 1.29 is 4.74 Å². The van der Waals surface area contributed by atoms with Gasteiger partial charge in [-0.1, -0.05) is 6.92 Å². The minimum atomic E-state index is 0.182. The summed E-state index contributed by atoms with van der Waals surface area (Å²) >= 11 is 0. The molecule has 102 valence electrons. The summed E-state index contributed by atoms with van der Waals surface area (Å²) in [6.45, 7) is 8.11. The zero-order chi connectivity index (χ0) is 13.1. The third kappa shape index (κ3) is 2.93. The van der Waals surface area contributed by atoms with Gasteiger partial charge in [-0.15, -0.1) is 0 Å². The van der Waals surface area contributed by atoms with Crippen LogP contribution < -0.4 is 5.73 Å². The molecule has 0 radical (unpaired) electrons. The van der Waals surface area contributed by atoms with E-state index in [2.05, 4.69) is 36.6 Å². The highest BCUT2D eigenvalue weighted by Gasteiger charge is 2.28. The summed E-state index contributed by atoms with van der Waals surface area (Å²) < 4.78 is 7.69. The molecule has 0 saturated carbocycles. The van der Waals surface area contributed by atoms with Crippen molar-refractivity contribution in [2.24, 2.45) is 11.7 Å². The summed E-state index contributed by atoms with van der Waals surface area (Å²) in [7, 11) is 0. The van der Waals surface area contributed by atoms with E-state index in [0.717, 1.165) is 38.1 Å². The molecular formula is C14H25N3O. The quantitative estimate of drug-likeness (QED) is 0.867. The number of nitrogens with zero attached hydrogens (tertiary/aromatic N) is 2. The first-order valence-electron chi connectivity index (χ1n) is 7.06. The Balaban J connectivity index is 2.01. The second kappa shape index (κ2) is 5.85. The Bertz CT molecular complexity index is 388. The maximum Gasteiger partial charge on any atom is 0.0624 e. The van der Waals surface area contributed by atoms with Gasteiger partial charge < -0.3 is 10.5 Å². The van der Waals surface area contributed by atoms with Crippen molar-refractivity contribution in [3.05, 3.63) is 17.5 Å². The molecule has 1 fully saturated rings. The highest BCUT2D eigenvalue weighted by molar-refractivity contribution is 5.12. The summed E-state index contributed by atoms with van der Waals surface area (Å²) in [5.74, 6) is 0.491. The third-order valence-corrected chi connectivity index (χ3v) is 3.86. The third-order valence-electron chi connectivity index (χ3n) is 3.86. The number of aryl methyl sites for hydroxylation is 2. The molecule has 0 spiro atoms. The predicted octanol–water partition coefficient (Wildman–Crippen LogP) is 1.76. The second-order valence-corrected chi connectivity index (χ2v) is 5.30. The molecule has 1 aliphatic heterocycles. The minimum absolute atomic E-state index is 0.182. The molecule has 1 saturated heterocycles. The van der Waals surface area contributed by atoms with Crippen LogP contribution >= 0.6 is 0 Å². The first kappa shape index (κ1) is 13.6. The molecule has 1 aliphatic rings. The molecule has 1 aromatic rings. The number of hydrogen-bond acceptors (Lipinski definition) is 3. The molecule has 0 bridgehead atoms. The molecule has 2 rings (SSSR count). The molecule has 1 aromatic heterocycles. The van der Waals surface area contributed by atoms with Crippen molar-refractivity contribution in [2.75, 3.05) is 6.61 Å². The lowest BCUT2D eigenvalue weighted by Crippen LogP contribution is -2.33. The van der Waals surface area contributed by atoms with Crippen LogP contribution in [-0.2, 0) is 24.1 Å². The van der Waals surface area contributed by atoms with Crippen molar-refractivity contribution >= 4 is 0 Å². The average molecular weight is 251 g/mol. The van der Waals surface area contributed by atoms with Gasteiger partial charge in [0.2, 0.25) is 0 Å². The van der Waals surface area contributed by atoms with Crippen molar-refractivity contribution in [2.45, 2.75) is 58.7 Å². The number of hydrogen-bond donors (Lipinski definition) is 1. The van der Waals surface area contributed by atoms with Gasteiger partial charge in [-0.2, -0.15) is 5.10 Å². The Morgan fingerprint density at radius 1 is 1.56 bits per heavy atom. The van der Waals surface area contributed by atoms with Crippen LogP contribution in [0.1, 0.15) is 38.6 Å². The van der Waals surface area contributed by atoms with Crippen molar-refractivity contribution in [1.82, 2.24) is 9.78 Å². The van der Waals surface area contributed by atoms with E-state index in [1.807, 2.05) is 0 Å². The smallest absolute Gasteiger partial charge is 0.0624 e. The Labute approximate surface area is 110 Å². The van der Waals surface area contributed by atoms with Gasteiger partial charge >= 0.3 is 0 Å². The first-order valence-corrected chi connectivity index (χ1v) is 7.06. The van der Waals surface area contributed by atoms with E-state index >= 15 is 0 Å². The van der Waals surface area contributed by atoms with Gasteiger partial charge in [-0.25, -0.2) is 0 Å². The lowest BCUT2D eigenvalue weighted by molar-refractivity contribution is 0.118. The Kier molecular flexibility index (Phi) is 4.40. The molecule has 3 unspecified atom stereocenters. The summed E-state index contributed by atoms with van der Waals surface area (Å²) in [4.78, 5) is 0.